The average molecular weight is 363 g/mol. The minimum atomic E-state index is -0.533. The molecule has 0 bridgehead atoms. The van der Waals surface area contributed by atoms with Gasteiger partial charge in [-0.1, -0.05) is 0 Å². The Morgan fingerprint density at radius 2 is 1.92 bits per heavy atom. The molecule has 7 nitrogen and oxygen atoms in total. The first-order valence-corrected chi connectivity index (χ1v) is 9.44. The second-order valence-electron chi connectivity index (χ2n) is 5.92. The molecule has 134 valence electrons. The highest BCUT2D eigenvalue weighted by atomic mass is 32.2. The van der Waals surface area contributed by atoms with Crippen LogP contribution >= 0.6 is 11.8 Å². The van der Waals surface area contributed by atoms with Crippen molar-refractivity contribution in [3.05, 3.63) is 29.8 Å². The topological polar surface area (TPSA) is 87.7 Å². The number of ether oxygens (including phenoxy) is 1. The fraction of sp³-hybridized carbons (Fsp3) is 0.471. The van der Waals surface area contributed by atoms with Gasteiger partial charge in [0.1, 0.15) is 6.04 Å². The van der Waals surface area contributed by atoms with Crippen LogP contribution in [0, 0.1) is 0 Å². The van der Waals surface area contributed by atoms with Crippen molar-refractivity contribution < 1.29 is 19.1 Å². The van der Waals surface area contributed by atoms with E-state index < -0.39 is 6.04 Å². The number of benzene rings is 1. The van der Waals surface area contributed by atoms with Gasteiger partial charge in [0.05, 0.1) is 13.2 Å². The van der Waals surface area contributed by atoms with E-state index >= 15 is 0 Å². The predicted octanol–water partition coefficient (Wildman–Crippen LogP) is 0.719. The van der Waals surface area contributed by atoms with Gasteiger partial charge in [0.15, 0.2) is 0 Å². The molecule has 0 saturated carbocycles. The Bertz CT molecular complexity index is 644. The first-order chi connectivity index (χ1) is 12.1. The summed E-state index contributed by atoms with van der Waals surface area (Å²) in [5.41, 5.74) is 1.19. The molecular weight excluding hydrogens is 342 g/mol. The molecule has 1 unspecified atom stereocenters. The van der Waals surface area contributed by atoms with E-state index in [9.17, 15) is 14.4 Å². The van der Waals surface area contributed by atoms with Crippen LogP contribution in [0.5, 0.6) is 0 Å². The van der Waals surface area contributed by atoms with Crippen LogP contribution < -0.4 is 10.6 Å². The minimum Gasteiger partial charge on any atom is -0.378 e. The summed E-state index contributed by atoms with van der Waals surface area (Å²) in [6.45, 7) is 2.31. The predicted molar refractivity (Wildman–Crippen MR) is 95.7 cm³/mol. The summed E-state index contributed by atoms with van der Waals surface area (Å²) in [6, 6.07) is 6.28. The van der Waals surface area contributed by atoms with Crippen LogP contribution in [-0.4, -0.2) is 66.5 Å². The van der Waals surface area contributed by atoms with Gasteiger partial charge in [-0.25, -0.2) is 0 Å². The summed E-state index contributed by atoms with van der Waals surface area (Å²) >= 11 is 1.58. The lowest BCUT2D eigenvalue weighted by molar-refractivity contribution is -0.125. The van der Waals surface area contributed by atoms with Crippen LogP contribution in [0.2, 0.25) is 0 Å². The van der Waals surface area contributed by atoms with Crippen LogP contribution in [0.1, 0.15) is 16.8 Å². The molecule has 1 aromatic carbocycles. The molecule has 2 saturated heterocycles. The molecule has 0 spiro atoms. The molecule has 3 rings (SSSR count). The SMILES string of the molecule is O=C1CCSCC(C(=O)Nc2ccc(C(=O)N3CCOCC3)cc2)N1. The summed E-state index contributed by atoms with van der Waals surface area (Å²) in [5.74, 6) is 0.916. The molecular formula is C17H21N3O4S. The molecule has 0 radical (unpaired) electrons. The Labute approximate surface area is 150 Å². The Balaban J connectivity index is 1.59. The number of rotatable bonds is 3. The summed E-state index contributed by atoms with van der Waals surface area (Å²) < 4.78 is 5.25. The molecule has 8 heteroatoms. The molecule has 3 amide bonds. The highest BCUT2D eigenvalue weighted by Gasteiger charge is 2.24. The third-order valence-electron chi connectivity index (χ3n) is 4.11. The van der Waals surface area contributed by atoms with Gasteiger partial charge in [0.2, 0.25) is 11.8 Å². The molecule has 1 aromatic rings. The zero-order valence-electron chi connectivity index (χ0n) is 13.8. The lowest BCUT2D eigenvalue weighted by atomic mass is 10.1. The molecule has 2 aliphatic rings. The number of hydrogen-bond acceptors (Lipinski definition) is 5. The van der Waals surface area contributed by atoms with E-state index in [1.807, 2.05) is 0 Å². The van der Waals surface area contributed by atoms with Gasteiger partial charge in [0.25, 0.3) is 5.91 Å². The normalized spacial score (nSPS) is 21.2. The summed E-state index contributed by atoms with van der Waals surface area (Å²) in [6.07, 6.45) is 0.437. The van der Waals surface area contributed by atoms with Crippen molar-refractivity contribution in [1.29, 1.82) is 0 Å². The zero-order chi connectivity index (χ0) is 17.6. The number of carbonyl (C=O) groups is 3. The highest BCUT2D eigenvalue weighted by molar-refractivity contribution is 7.99. The van der Waals surface area contributed by atoms with Crippen molar-refractivity contribution in [3.63, 3.8) is 0 Å². The van der Waals surface area contributed by atoms with Gasteiger partial charge in [-0.3, -0.25) is 14.4 Å². The molecule has 0 aliphatic carbocycles. The quantitative estimate of drug-likeness (QED) is 0.826. The van der Waals surface area contributed by atoms with Gasteiger partial charge in [-0.2, -0.15) is 11.8 Å². The highest BCUT2D eigenvalue weighted by Crippen LogP contribution is 2.15. The molecule has 25 heavy (non-hydrogen) atoms. The third-order valence-corrected chi connectivity index (χ3v) is 5.17. The lowest BCUT2D eigenvalue weighted by Crippen LogP contribution is -2.44. The van der Waals surface area contributed by atoms with Crippen molar-refractivity contribution in [2.45, 2.75) is 12.5 Å². The first-order valence-electron chi connectivity index (χ1n) is 8.28. The fourth-order valence-electron chi connectivity index (χ4n) is 2.69. The van der Waals surface area contributed by atoms with Crippen molar-refractivity contribution in [2.24, 2.45) is 0 Å². The number of anilines is 1. The van der Waals surface area contributed by atoms with E-state index in [-0.39, 0.29) is 17.7 Å². The molecule has 2 N–H and O–H groups in total. The number of nitrogens with one attached hydrogen (secondary N) is 2. The lowest BCUT2D eigenvalue weighted by Gasteiger charge is -2.26. The maximum absolute atomic E-state index is 12.4. The second kappa shape index (κ2) is 8.35. The Hall–Kier alpha value is -2.06. The Kier molecular flexibility index (Phi) is 5.93. The first kappa shape index (κ1) is 17.8. The van der Waals surface area contributed by atoms with Gasteiger partial charge in [-0.05, 0) is 24.3 Å². The Morgan fingerprint density at radius 1 is 1.20 bits per heavy atom. The number of morpholine rings is 1. The number of nitrogens with zero attached hydrogens (tertiary/aromatic N) is 1. The van der Waals surface area contributed by atoms with Crippen molar-refractivity contribution in [2.75, 3.05) is 43.1 Å². The van der Waals surface area contributed by atoms with E-state index in [2.05, 4.69) is 10.6 Å². The van der Waals surface area contributed by atoms with Crippen LogP contribution in [0.25, 0.3) is 0 Å². The van der Waals surface area contributed by atoms with E-state index in [1.54, 1.807) is 40.9 Å². The van der Waals surface area contributed by atoms with Gasteiger partial charge in [0, 0.05) is 42.3 Å². The molecule has 1 atom stereocenters. The van der Waals surface area contributed by atoms with E-state index in [0.717, 1.165) is 5.75 Å². The number of thioether (sulfide) groups is 1. The number of hydrogen-bond donors (Lipinski definition) is 2. The van der Waals surface area contributed by atoms with Crippen molar-refractivity contribution in [3.8, 4) is 0 Å². The maximum atomic E-state index is 12.4. The summed E-state index contributed by atoms with van der Waals surface area (Å²) in [7, 11) is 0. The average Bonchev–Trinajstić information content (AvgIpc) is 2.87. The van der Waals surface area contributed by atoms with Crippen LogP contribution in [0.3, 0.4) is 0 Å². The number of amides is 3. The molecule has 0 aromatic heterocycles. The Morgan fingerprint density at radius 3 is 2.64 bits per heavy atom. The number of carbonyl (C=O) groups excluding carboxylic acids is 3. The second-order valence-corrected chi connectivity index (χ2v) is 7.07. The largest absolute Gasteiger partial charge is 0.378 e. The molecule has 2 aliphatic heterocycles. The molecule has 2 heterocycles. The van der Waals surface area contributed by atoms with Crippen molar-refractivity contribution in [1.82, 2.24) is 10.2 Å². The monoisotopic (exact) mass is 363 g/mol. The van der Waals surface area contributed by atoms with Crippen LogP contribution in [0.15, 0.2) is 24.3 Å². The smallest absolute Gasteiger partial charge is 0.254 e. The fourth-order valence-corrected chi connectivity index (χ4v) is 3.66. The van der Waals surface area contributed by atoms with Gasteiger partial charge >= 0.3 is 0 Å². The zero-order valence-corrected chi connectivity index (χ0v) is 14.6. The molecule has 2 fully saturated rings. The van der Waals surface area contributed by atoms with Crippen LogP contribution in [-0.2, 0) is 14.3 Å². The van der Waals surface area contributed by atoms with E-state index in [0.29, 0.717) is 49.7 Å². The van der Waals surface area contributed by atoms with Crippen molar-refractivity contribution >= 4 is 35.2 Å². The van der Waals surface area contributed by atoms with E-state index in [1.165, 1.54) is 0 Å². The van der Waals surface area contributed by atoms with Gasteiger partial charge < -0.3 is 20.3 Å². The third kappa shape index (κ3) is 4.73. The summed E-state index contributed by atoms with van der Waals surface area (Å²) in [4.78, 5) is 38.0. The van der Waals surface area contributed by atoms with Crippen LogP contribution in [0.4, 0.5) is 5.69 Å². The maximum Gasteiger partial charge on any atom is 0.254 e. The standard InChI is InChI=1S/C17H21N3O4S/c21-15-5-10-25-11-14(19-15)16(22)18-13-3-1-12(2-4-13)17(23)20-6-8-24-9-7-20/h1-4,14H,5-11H2,(H,18,22)(H,19,21). The van der Waals surface area contributed by atoms with Gasteiger partial charge in [-0.15, -0.1) is 0 Å². The van der Waals surface area contributed by atoms with E-state index in [4.69, 9.17) is 4.74 Å². The minimum absolute atomic E-state index is 0.0337. The summed E-state index contributed by atoms with van der Waals surface area (Å²) in [5, 5.41) is 5.52.